The first-order valence-corrected chi connectivity index (χ1v) is 12.1. The highest BCUT2D eigenvalue weighted by molar-refractivity contribution is 7.89. The maximum Gasteiger partial charge on any atom is 0.254 e. The van der Waals surface area contributed by atoms with E-state index in [-0.39, 0.29) is 17.3 Å². The fourth-order valence-corrected chi connectivity index (χ4v) is 5.69. The van der Waals surface area contributed by atoms with E-state index in [4.69, 9.17) is 0 Å². The second kappa shape index (κ2) is 8.29. The monoisotopic (exact) mass is 441 g/mol. The van der Waals surface area contributed by atoms with Crippen molar-refractivity contribution in [1.82, 2.24) is 14.6 Å². The summed E-state index contributed by atoms with van der Waals surface area (Å²) in [6, 6.07) is 9.17. The Bertz CT molecular complexity index is 1170. The second-order valence-corrected chi connectivity index (χ2v) is 10.00. The highest BCUT2D eigenvalue weighted by atomic mass is 32.2. The first-order chi connectivity index (χ1) is 14.3. The van der Waals surface area contributed by atoms with E-state index < -0.39 is 10.0 Å². The molecule has 3 heterocycles. The molecule has 0 aliphatic carbocycles. The van der Waals surface area contributed by atoms with Crippen LogP contribution in [-0.4, -0.2) is 30.8 Å². The number of benzene rings is 1. The lowest BCUT2D eigenvalue weighted by atomic mass is 9.94. The zero-order valence-electron chi connectivity index (χ0n) is 16.9. The fourth-order valence-electron chi connectivity index (χ4n) is 3.66. The molecule has 30 heavy (non-hydrogen) atoms. The lowest BCUT2D eigenvalue weighted by molar-refractivity contribution is 0.0734. The van der Waals surface area contributed by atoms with Gasteiger partial charge >= 0.3 is 0 Å². The molecule has 1 aromatic carbocycles. The minimum Gasteiger partial charge on any atom is -0.334 e. The van der Waals surface area contributed by atoms with Gasteiger partial charge in [-0.1, -0.05) is 17.7 Å². The summed E-state index contributed by atoms with van der Waals surface area (Å²) in [6.45, 7) is 5.13. The number of carbonyl (C=O) groups excluding carboxylic acids is 1. The number of amides is 1. The van der Waals surface area contributed by atoms with Crippen molar-refractivity contribution < 1.29 is 13.2 Å². The predicted octanol–water partition coefficient (Wildman–Crippen LogP) is 3.44. The van der Waals surface area contributed by atoms with E-state index in [2.05, 4.69) is 9.71 Å². The molecule has 4 rings (SSSR count). The summed E-state index contributed by atoms with van der Waals surface area (Å²) in [5.74, 6) is 0.000866. The molecular formula is C22H23N3O3S2. The van der Waals surface area contributed by atoms with Gasteiger partial charge in [-0.05, 0) is 60.5 Å². The summed E-state index contributed by atoms with van der Waals surface area (Å²) < 4.78 is 27.7. The van der Waals surface area contributed by atoms with Crippen molar-refractivity contribution in [1.29, 1.82) is 0 Å². The maximum atomic E-state index is 12.9. The zero-order valence-corrected chi connectivity index (χ0v) is 18.5. The van der Waals surface area contributed by atoms with Crippen LogP contribution in [0.2, 0.25) is 0 Å². The van der Waals surface area contributed by atoms with E-state index in [1.807, 2.05) is 43.0 Å². The van der Waals surface area contributed by atoms with Gasteiger partial charge in [0, 0.05) is 42.5 Å². The molecule has 0 bridgehead atoms. The van der Waals surface area contributed by atoms with Gasteiger partial charge in [-0.3, -0.25) is 9.78 Å². The minimum absolute atomic E-state index is 0.000866. The number of carbonyl (C=O) groups is 1. The average Bonchev–Trinajstić information content (AvgIpc) is 3.29. The summed E-state index contributed by atoms with van der Waals surface area (Å²) in [5.41, 5.74) is 5.55. The Kier molecular flexibility index (Phi) is 5.73. The third-order valence-electron chi connectivity index (χ3n) is 5.43. The Morgan fingerprint density at radius 1 is 1.20 bits per heavy atom. The molecule has 156 valence electrons. The van der Waals surface area contributed by atoms with Crippen LogP contribution in [0, 0.1) is 13.8 Å². The number of aromatic nitrogens is 1. The molecule has 1 aliphatic heterocycles. The lowest BCUT2D eigenvalue weighted by Gasteiger charge is -2.30. The van der Waals surface area contributed by atoms with Crippen LogP contribution in [0.25, 0.3) is 0 Å². The molecule has 1 aliphatic rings. The third kappa shape index (κ3) is 4.16. The Morgan fingerprint density at radius 2 is 1.97 bits per heavy atom. The topological polar surface area (TPSA) is 79.4 Å². The number of rotatable bonds is 5. The van der Waals surface area contributed by atoms with Crippen LogP contribution >= 0.6 is 11.3 Å². The van der Waals surface area contributed by atoms with Crippen molar-refractivity contribution in [3.8, 4) is 0 Å². The molecule has 6 nitrogen and oxygen atoms in total. The van der Waals surface area contributed by atoms with Gasteiger partial charge in [0.2, 0.25) is 10.0 Å². The molecule has 1 N–H and O–H groups in total. The van der Waals surface area contributed by atoms with Crippen LogP contribution in [0.4, 0.5) is 0 Å². The van der Waals surface area contributed by atoms with Crippen LogP contribution in [0.15, 0.2) is 52.2 Å². The van der Waals surface area contributed by atoms with Crippen molar-refractivity contribution in [3.63, 3.8) is 0 Å². The summed E-state index contributed by atoms with van der Waals surface area (Å²) in [6.07, 6.45) is 2.47. The Balaban J connectivity index is 1.54. The number of hydrogen-bond acceptors (Lipinski definition) is 5. The molecule has 0 atom stereocenters. The number of nitrogens with one attached hydrogen (secondary N) is 1. The minimum atomic E-state index is -3.55. The van der Waals surface area contributed by atoms with Crippen LogP contribution in [0.3, 0.4) is 0 Å². The molecule has 0 spiro atoms. The predicted molar refractivity (Wildman–Crippen MR) is 117 cm³/mol. The number of sulfonamides is 1. The average molecular weight is 442 g/mol. The van der Waals surface area contributed by atoms with Crippen molar-refractivity contribution in [3.05, 3.63) is 80.8 Å². The number of pyridine rings is 1. The molecule has 2 aromatic heterocycles. The molecule has 3 aromatic rings. The van der Waals surface area contributed by atoms with E-state index in [9.17, 15) is 13.2 Å². The van der Waals surface area contributed by atoms with Gasteiger partial charge in [-0.15, -0.1) is 0 Å². The van der Waals surface area contributed by atoms with Gasteiger partial charge in [0.15, 0.2) is 0 Å². The molecule has 0 radical (unpaired) electrons. The Morgan fingerprint density at radius 3 is 2.67 bits per heavy atom. The van der Waals surface area contributed by atoms with Crippen molar-refractivity contribution in [2.75, 3.05) is 6.54 Å². The quantitative estimate of drug-likeness (QED) is 0.658. The molecule has 0 saturated carbocycles. The third-order valence-corrected chi connectivity index (χ3v) is 7.66. The molecule has 0 fully saturated rings. The first-order valence-electron chi connectivity index (χ1n) is 9.69. The van der Waals surface area contributed by atoms with E-state index >= 15 is 0 Å². The largest absolute Gasteiger partial charge is 0.334 e. The van der Waals surface area contributed by atoms with Crippen molar-refractivity contribution in [2.45, 2.75) is 38.3 Å². The fraction of sp³-hybridized carbons (Fsp3) is 0.273. The van der Waals surface area contributed by atoms with Gasteiger partial charge in [0.1, 0.15) is 0 Å². The van der Waals surface area contributed by atoms with Crippen LogP contribution in [-0.2, 0) is 29.5 Å². The highest BCUT2D eigenvalue weighted by Gasteiger charge is 2.25. The first kappa shape index (κ1) is 20.7. The van der Waals surface area contributed by atoms with Gasteiger partial charge in [0.05, 0.1) is 4.90 Å². The summed E-state index contributed by atoms with van der Waals surface area (Å²) in [5, 5.41) is 3.36. The maximum absolute atomic E-state index is 12.9. The summed E-state index contributed by atoms with van der Waals surface area (Å²) >= 11 is 1.35. The number of hydrogen-bond donors (Lipinski definition) is 1. The van der Waals surface area contributed by atoms with Crippen LogP contribution in [0.1, 0.15) is 38.3 Å². The van der Waals surface area contributed by atoms with Gasteiger partial charge < -0.3 is 4.90 Å². The van der Waals surface area contributed by atoms with Crippen LogP contribution < -0.4 is 4.72 Å². The van der Waals surface area contributed by atoms with Crippen molar-refractivity contribution in [2.24, 2.45) is 0 Å². The van der Waals surface area contributed by atoms with Gasteiger partial charge in [-0.25, -0.2) is 13.1 Å². The SMILES string of the molecule is Cc1ccc(C(=O)N2CCc3c(cnc(C)c3CNS(=O)(=O)c3ccsc3)C2)cc1. The molecule has 1 amide bonds. The summed E-state index contributed by atoms with van der Waals surface area (Å²) in [7, 11) is -3.55. The van der Waals surface area contributed by atoms with E-state index in [1.165, 1.54) is 11.3 Å². The molecule has 8 heteroatoms. The Hall–Kier alpha value is -2.55. The number of aryl methyl sites for hydroxylation is 2. The smallest absolute Gasteiger partial charge is 0.254 e. The number of thiophene rings is 1. The van der Waals surface area contributed by atoms with E-state index in [1.54, 1.807) is 23.0 Å². The van der Waals surface area contributed by atoms with Gasteiger partial charge in [0.25, 0.3) is 5.91 Å². The van der Waals surface area contributed by atoms with Crippen molar-refractivity contribution >= 4 is 27.3 Å². The number of nitrogens with zero attached hydrogens (tertiary/aromatic N) is 2. The molecular weight excluding hydrogens is 418 g/mol. The van der Waals surface area contributed by atoms with E-state index in [0.29, 0.717) is 25.1 Å². The molecule has 0 unspecified atom stereocenters. The number of fused-ring (bicyclic) bond motifs is 1. The second-order valence-electron chi connectivity index (χ2n) is 7.45. The summed E-state index contributed by atoms with van der Waals surface area (Å²) in [4.78, 5) is 19.4. The normalized spacial score (nSPS) is 13.9. The molecule has 0 saturated heterocycles. The zero-order chi connectivity index (χ0) is 21.3. The highest BCUT2D eigenvalue weighted by Crippen LogP contribution is 2.25. The van der Waals surface area contributed by atoms with E-state index in [0.717, 1.165) is 27.9 Å². The standard InChI is InChI=1S/C22H23N3O3S2/c1-15-3-5-17(6-4-15)22(26)25-9-7-20-18(13-25)11-23-16(2)21(20)12-24-30(27,28)19-8-10-29-14-19/h3-6,8,10-11,14,24H,7,9,12-13H2,1-2H3. The van der Waals surface area contributed by atoms with Crippen LogP contribution in [0.5, 0.6) is 0 Å². The Labute approximate surface area is 180 Å². The van der Waals surface area contributed by atoms with Gasteiger partial charge in [-0.2, -0.15) is 11.3 Å². The lowest BCUT2D eigenvalue weighted by Crippen LogP contribution is -2.37.